The molecular formula is C30H26N4O3. The van der Waals surface area contributed by atoms with Gasteiger partial charge in [0.25, 0.3) is 11.8 Å². The van der Waals surface area contributed by atoms with Crippen molar-refractivity contribution in [1.29, 1.82) is 0 Å². The fourth-order valence-electron chi connectivity index (χ4n) is 5.00. The Balaban J connectivity index is 1.24. The van der Waals surface area contributed by atoms with Crippen LogP contribution >= 0.6 is 0 Å². The van der Waals surface area contributed by atoms with Gasteiger partial charge in [-0.25, -0.2) is 0 Å². The van der Waals surface area contributed by atoms with Crippen molar-refractivity contribution in [1.82, 2.24) is 14.8 Å². The molecule has 0 atom stereocenters. The number of anilines is 1. The maximum Gasteiger partial charge on any atom is 0.254 e. The average Bonchev–Trinajstić information content (AvgIpc) is 3.61. The maximum absolute atomic E-state index is 13.5. The van der Waals surface area contributed by atoms with Gasteiger partial charge in [0.05, 0.1) is 6.54 Å². The zero-order valence-corrected chi connectivity index (χ0v) is 20.3. The van der Waals surface area contributed by atoms with Crippen molar-refractivity contribution < 1.29 is 14.4 Å². The second kappa shape index (κ2) is 9.43. The molecule has 1 aromatic heterocycles. The van der Waals surface area contributed by atoms with Gasteiger partial charge in [-0.2, -0.15) is 0 Å². The molecule has 2 aliphatic rings. The van der Waals surface area contributed by atoms with Crippen LogP contribution in [0.25, 0.3) is 10.9 Å². The smallest absolute Gasteiger partial charge is 0.254 e. The summed E-state index contributed by atoms with van der Waals surface area (Å²) in [6, 6.07) is 22.6. The molecule has 184 valence electrons. The normalized spacial score (nSPS) is 15.2. The Morgan fingerprint density at radius 1 is 0.784 bits per heavy atom. The molecule has 37 heavy (non-hydrogen) atoms. The number of benzene rings is 3. The van der Waals surface area contributed by atoms with E-state index in [4.69, 9.17) is 0 Å². The van der Waals surface area contributed by atoms with Gasteiger partial charge >= 0.3 is 0 Å². The molecule has 3 amide bonds. The lowest BCUT2D eigenvalue weighted by atomic mass is 10.1. The number of para-hydroxylation sites is 1. The fourth-order valence-corrected chi connectivity index (χ4v) is 5.00. The Hall–Kier alpha value is -4.65. The Labute approximate surface area is 214 Å². The Morgan fingerprint density at radius 2 is 1.51 bits per heavy atom. The summed E-state index contributed by atoms with van der Waals surface area (Å²) in [6.07, 6.45) is 5.82. The maximum atomic E-state index is 13.5. The number of aromatic nitrogens is 1. The summed E-state index contributed by atoms with van der Waals surface area (Å²) in [4.78, 5) is 47.9. The van der Waals surface area contributed by atoms with Crippen molar-refractivity contribution in [3.63, 3.8) is 0 Å². The molecular weight excluding hydrogens is 464 g/mol. The van der Waals surface area contributed by atoms with Crippen LogP contribution in [0.3, 0.4) is 0 Å². The van der Waals surface area contributed by atoms with Crippen molar-refractivity contribution in [3.05, 3.63) is 113 Å². The van der Waals surface area contributed by atoms with E-state index in [1.165, 1.54) is 0 Å². The predicted octanol–water partition coefficient (Wildman–Crippen LogP) is 4.37. The van der Waals surface area contributed by atoms with Gasteiger partial charge in [0.1, 0.15) is 6.54 Å². The van der Waals surface area contributed by atoms with Crippen molar-refractivity contribution in [2.24, 2.45) is 0 Å². The van der Waals surface area contributed by atoms with Crippen LogP contribution in [-0.4, -0.2) is 52.1 Å². The zero-order valence-electron chi connectivity index (χ0n) is 20.3. The van der Waals surface area contributed by atoms with Crippen LogP contribution in [0, 0.1) is 0 Å². The predicted molar refractivity (Wildman–Crippen MR) is 142 cm³/mol. The van der Waals surface area contributed by atoms with E-state index in [0.717, 1.165) is 27.7 Å². The second-order valence-corrected chi connectivity index (χ2v) is 9.43. The van der Waals surface area contributed by atoms with Gasteiger partial charge in [0.2, 0.25) is 5.91 Å². The molecule has 1 N–H and O–H groups in total. The highest BCUT2D eigenvalue weighted by atomic mass is 16.2. The van der Waals surface area contributed by atoms with E-state index in [9.17, 15) is 14.4 Å². The molecule has 7 nitrogen and oxygen atoms in total. The largest absolute Gasteiger partial charge is 0.361 e. The molecule has 7 heteroatoms. The summed E-state index contributed by atoms with van der Waals surface area (Å²) in [5, 5.41) is 0.956. The molecule has 2 aliphatic heterocycles. The van der Waals surface area contributed by atoms with Crippen LogP contribution in [0.2, 0.25) is 0 Å². The standard InChI is InChI=1S/C30H26N4O3/c35-28-20-33(30(37)24-11-12-26-23(17-24)13-14-31-26)19-25-5-1-2-6-27(25)34(28)18-21-7-9-22(10-8-21)29(36)32-15-3-4-16-32/h1-14,17,31H,15-16,18-20H2. The zero-order chi connectivity index (χ0) is 25.4. The van der Waals surface area contributed by atoms with Crippen molar-refractivity contribution in [2.45, 2.75) is 13.1 Å². The molecule has 3 aromatic carbocycles. The quantitative estimate of drug-likeness (QED) is 0.432. The summed E-state index contributed by atoms with van der Waals surface area (Å²) in [5.41, 5.74) is 4.78. The molecule has 0 saturated carbocycles. The summed E-state index contributed by atoms with van der Waals surface area (Å²) in [7, 11) is 0. The second-order valence-electron chi connectivity index (χ2n) is 9.43. The molecule has 0 saturated heterocycles. The number of amides is 3. The minimum atomic E-state index is -0.174. The number of hydrogen-bond acceptors (Lipinski definition) is 3. The Kier molecular flexibility index (Phi) is 5.81. The van der Waals surface area contributed by atoms with Crippen molar-refractivity contribution >= 4 is 34.3 Å². The van der Waals surface area contributed by atoms with Crippen LogP contribution in [0.4, 0.5) is 5.69 Å². The van der Waals surface area contributed by atoms with Gasteiger partial charge in [0.15, 0.2) is 0 Å². The number of H-pyrrole nitrogens is 1. The molecule has 3 heterocycles. The minimum absolute atomic E-state index is 0.000254. The number of carbonyl (C=O) groups is 3. The number of fused-ring (bicyclic) bond motifs is 2. The fraction of sp³-hybridized carbons (Fsp3) is 0.167. The number of hydrogen-bond donors (Lipinski definition) is 1. The summed E-state index contributed by atoms with van der Waals surface area (Å²) in [6.45, 7) is 1.95. The number of nitrogens with zero attached hydrogens (tertiary/aromatic N) is 3. The topological polar surface area (TPSA) is 76.7 Å². The molecule has 0 fully saturated rings. The molecule has 0 bridgehead atoms. The Morgan fingerprint density at radius 3 is 2.32 bits per heavy atom. The third-order valence-electron chi connectivity index (χ3n) is 7.01. The van der Waals surface area contributed by atoms with Gasteiger partial charge in [-0.05, 0) is 53.6 Å². The van der Waals surface area contributed by atoms with Crippen LogP contribution in [-0.2, 0) is 17.9 Å². The van der Waals surface area contributed by atoms with Gasteiger partial charge in [0, 0.05) is 53.5 Å². The van der Waals surface area contributed by atoms with Crippen LogP contribution in [0.15, 0.2) is 91.1 Å². The van der Waals surface area contributed by atoms with Gasteiger partial charge in [-0.15, -0.1) is 0 Å². The highest BCUT2D eigenvalue weighted by Crippen LogP contribution is 2.28. The lowest BCUT2D eigenvalue weighted by Crippen LogP contribution is -2.39. The molecule has 0 aliphatic carbocycles. The Bertz CT molecular complexity index is 1530. The molecule has 4 aromatic rings. The lowest BCUT2D eigenvalue weighted by Gasteiger charge is -2.23. The number of carbonyl (C=O) groups excluding carboxylic acids is 3. The first-order chi connectivity index (χ1) is 18.1. The molecule has 0 spiro atoms. The first-order valence-electron chi connectivity index (χ1n) is 12.3. The highest BCUT2D eigenvalue weighted by molar-refractivity contribution is 6.03. The first kappa shape index (κ1) is 22.8. The molecule has 0 radical (unpaired) electrons. The summed E-state index contributed by atoms with van der Waals surface area (Å²) >= 11 is 0. The van der Waals surface area contributed by atoms with E-state index < -0.39 is 0 Å². The number of rotatable bonds is 4. The first-order valence-corrected chi connectivity index (χ1v) is 12.3. The van der Waals surface area contributed by atoms with E-state index >= 15 is 0 Å². The van der Waals surface area contributed by atoms with Crippen molar-refractivity contribution in [3.8, 4) is 0 Å². The highest BCUT2D eigenvalue weighted by Gasteiger charge is 2.29. The van der Waals surface area contributed by atoms with E-state index in [1.54, 1.807) is 20.8 Å². The van der Waals surface area contributed by atoms with Gasteiger partial charge in [-0.1, -0.05) is 42.5 Å². The van der Waals surface area contributed by atoms with Crippen LogP contribution in [0.1, 0.15) is 31.8 Å². The van der Waals surface area contributed by atoms with Gasteiger partial charge < -0.3 is 19.7 Å². The number of nitrogens with one attached hydrogen (secondary N) is 1. The third-order valence-corrected chi connectivity index (χ3v) is 7.01. The minimum Gasteiger partial charge on any atom is -0.361 e. The van der Waals surface area contributed by atoms with E-state index in [-0.39, 0.29) is 24.3 Å². The lowest BCUT2D eigenvalue weighted by molar-refractivity contribution is -0.119. The van der Waals surface area contributed by atoms with E-state index in [2.05, 4.69) is 4.98 Å². The average molecular weight is 491 g/mol. The molecule has 0 unspecified atom stereocenters. The van der Waals surface area contributed by atoms with E-state index in [1.807, 2.05) is 85.1 Å². The van der Waals surface area contributed by atoms with Crippen molar-refractivity contribution in [2.75, 3.05) is 24.5 Å². The monoisotopic (exact) mass is 490 g/mol. The molecule has 6 rings (SSSR count). The van der Waals surface area contributed by atoms with Crippen LogP contribution < -0.4 is 4.90 Å². The summed E-state index contributed by atoms with van der Waals surface area (Å²) in [5.74, 6) is -0.323. The summed E-state index contributed by atoms with van der Waals surface area (Å²) < 4.78 is 0. The van der Waals surface area contributed by atoms with Gasteiger partial charge in [-0.3, -0.25) is 14.4 Å². The third kappa shape index (κ3) is 4.40. The van der Waals surface area contributed by atoms with E-state index in [0.29, 0.717) is 37.3 Å². The SMILES string of the molecule is O=C(c1ccc(CN2C(=O)CN(C(=O)c3ccc4[nH]ccc4c3)Cc3ccccc32)cc1)N1CC=CC1. The van der Waals surface area contributed by atoms with Crippen LogP contribution in [0.5, 0.6) is 0 Å². The number of aromatic amines is 1.